The predicted octanol–water partition coefficient (Wildman–Crippen LogP) is 0.725. The number of morpholine rings is 1. The predicted molar refractivity (Wildman–Crippen MR) is 106 cm³/mol. The zero-order valence-electron chi connectivity index (χ0n) is 15.9. The molecule has 1 aromatic heterocycles. The highest BCUT2D eigenvalue weighted by Gasteiger charge is 2.38. The number of carbonyl (C=O) groups is 1. The maximum atomic E-state index is 12.5. The Bertz CT molecular complexity index is 859. The minimum atomic E-state index is -0.0863. The Hall–Kier alpha value is -2.51. The fourth-order valence-corrected chi connectivity index (χ4v) is 4.36. The van der Waals surface area contributed by atoms with Gasteiger partial charge >= 0.3 is 0 Å². The lowest BCUT2D eigenvalue weighted by Crippen LogP contribution is -2.47. The van der Waals surface area contributed by atoms with Gasteiger partial charge < -0.3 is 20.3 Å². The first-order valence-electron chi connectivity index (χ1n) is 10.1. The number of hydrogen-bond acceptors (Lipinski definition) is 6. The van der Waals surface area contributed by atoms with Crippen molar-refractivity contribution >= 4 is 11.7 Å². The largest absolute Gasteiger partial charge is 0.373 e. The SMILES string of the molecule is O=C1NCCc2c1nc(CCc1ccccc1)nc2N1C[C@@H]2NCCO[C@H]2C1. The molecule has 2 fully saturated rings. The molecule has 0 saturated carbocycles. The standard InChI is InChI=1S/C21H25N5O2/c27-21-19-15(8-9-23-21)20(26-12-16-17(13-26)28-11-10-22-16)25-18(24-19)7-6-14-4-2-1-3-5-14/h1-5,16-17,22H,6-13H2,(H,23,27)/t16-,17-/m0/s1. The quantitative estimate of drug-likeness (QED) is 0.815. The van der Waals surface area contributed by atoms with Crippen LogP contribution < -0.4 is 15.5 Å². The van der Waals surface area contributed by atoms with Crippen LogP contribution in [0.2, 0.25) is 0 Å². The summed E-state index contributed by atoms with van der Waals surface area (Å²) in [5, 5.41) is 6.46. The topological polar surface area (TPSA) is 79.4 Å². The molecule has 7 nitrogen and oxygen atoms in total. The number of aromatic nitrogens is 2. The highest BCUT2D eigenvalue weighted by atomic mass is 16.5. The van der Waals surface area contributed by atoms with Crippen LogP contribution in [-0.2, 0) is 24.0 Å². The smallest absolute Gasteiger partial charge is 0.270 e. The van der Waals surface area contributed by atoms with Crippen molar-refractivity contribution < 1.29 is 9.53 Å². The second-order valence-corrected chi connectivity index (χ2v) is 7.66. The molecule has 0 spiro atoms. The van der Waals surface area contributed by atoms with Crippen molar-refractivity contribution in [1.29, 1.82) is 0 Å². The number of anilines is 1. The number of carbonyl (C=O) groups excluding carboxylic acids is 1. The molecule has 0 radical (unpaired) electrons. The third-order valence-electron chi connectivity index (χ3n) is 5.79. The number of hydrogen-bond donors (Lipinski definition) is 2. The molecular weight excluding hydrogens is 354 g/mol. The summed E-state index contributed by atoms with van der Waals surface area (Å²) in [6.07, 6.45) is 2.53. The summed E-state index contributed by atoms with van der Waals surface area (Å²) in [6.45, 7) is 3.94. The first-order valence-corrected chi connectivity index (χ1v) is 10.1. The average molecular weight is 379 g/mol. The summed E-state index contributed by atoms with van der Waals surface area (Å²) < 4.78 is 5.93. The number of benzene rings is 1. The third-order valence-corrected chi connectivity index (χ3v) is 5.79. The molecule has 3 aliphatic rings. The van der Waals surface area contributed by atoms with Gasteiger partial charge in [-0.25, -0.2) is 9.97 Å². The molecule has 2 saturated heterocycles. The van der Waals surface area contributed by atoms with Gasteiger partial charge in [-0.15, -0.1) is 0 Å². The Morgan fingerprint density at radius 2 is 2.00 bits per heavy atom. The van der Waals surface area contributed by atoms with E-state index in [2.05, 4.69) is 32.7 Å². The second kappa shape index (κ2) is 7.48. The van der Waals surface area contributed by atoms with Crippen LogP contribution in [0.4, 0.5) is 5.82 Å². The highest BCUT2D eigenvalue weighted by molar-refractivity contribution is 5.96. The maximum Gasteiger partial charge on any atom is 0.270 e. The number of rotatable bonds is 4. The molecule has 2 atom stereocenters. The Balaban J connectivity index is 1.45. The van der Waals surface area contributed by atoms with Crippen molar-refractivity contribution in [2.24, 2.45) is 0 Å². The summed E-state index contributed by atoms with van der Waals surface area (Å²) in [4.78, 5) is 24.3. The summed E-state index contributed by atoms with van der Waals surface area (Å²) in [5.74, 6) is 1.57. The van der Waals surface area contributed by atoms with E-state index in [0.717, 1.165) is 56.3 Å². The fourth-order valence-electron chi connectivity index (χ4n) is 4.36. The number of amides is 1. The summed E-state index contributed by atoms with van der Waals surface area (Å²) in [6, 6.07) is 10.6. The minimum Gasteiger partial charge on any atom is -0.373 e. The number of ether oxygens (including phenoxy) is 1. The van der Waals surface area contributed by atoms with Crippen LogP contribution in [-0.4, -0.2) is 60.8 Å². The van der Waals surface area contributed by atoms with Gasteiger partial charge in [0.05, 0.1) is 18.8 Å². The van der Waals surface area contributed by atoms with Gasteiger partial charge in [0.1, 0.15) is 17.3 Å². The van der Waals surface area contributed by atoms with Gasteiger partial charge in [-0.05, 0) is 18.4 Å². The van der Waals surface area contributed by atoms with E-state index in [9.17, 15) is 4.79 Å². The lowest BCUT2D eigenvalue weighted by molar-refractivity contribution is 0.0212. The van der Waals surface area contributed by atoms with E-state index in [-0.39, 0.29) is 12.0 Å². The van der Waals surface area contributed by atoms with E-state index >= 15 is 0 Å². The molecule has 2 aromatic rings. The van der Waals surface area contributed by atoms with E-state index in [1.807, 2.05) is 18.2 Å². The number of nitrogens with zero attached hydrogens (tertiary/aromatic N) is 3. The van der Waals surface area contributed by atoms with Crippen molar-refractivity contribution in [2.45, 2.75) is 31.4 Å². The van der Waals surface area contributed by atoms with Crippen molar-refractivity contribution in [3.05, 3.63) is 53.0 Å². The normalized spacial score (nSPS) is 23.9. The number of nitrogens with one attached hydrogen (secondary N) is 2. The van der Waals surface area contributed by atoms with Gasteiger partial charge in [0, 0.05) is 38.2 Å². The van der Waals surface area contributed by atoms with Crippen LogP contribution in [0.1, 0.15) is 27.4 Å². The molecule has 0 aliphatic carbocycles. The van der Waals surface area contributed by atoms with E-state index in [1.165, 1.54) is 5.56 Å². The molecule has 1 amide bonds. The zero-order valence-corrected chi connectivity index (χ0v) is 15.9. The minimum absolute atomic E-state index is 0.0863. The van der Waals surface area contributed by atoms with E-state index < -0.39 is 0 Å². The van der Waals surface area contributed by atoms with E-state index in [0.29, 0.717) is 24.7 Å². The van der Waals surface area contributed by atoms with Crippen molar-refractivity contribution in [1.82, 2.24) is 20.6 Å². The Morgan fingerprint density at radius 1 is 1.11 bits per heavy atom. The van der Waals surface area contributed by atoms with Gasteiger partial charge in [-0.3, -0.25) is 4.79 Å². The third kappa shape index (κ3) is 3.36. The first-order chi connectivity index (χ1) is 13.8. The van der Waals surface area contributed by atoms with Crippen LogP contribution in [0.15, 0.2) is 30.3 Å². The molecule has 0 unspecified atom stereocenters. The molecule has 146 valence electrons. The van der Waals surface area contributed by atoms with Crippen molar-refractivity contribution in [2.75, 3.05) is 37.7 Å². The molecule has 28 heavy (non-hydrogen) atoms. The number of fused-ring (bicyclic) bond motifs is 2. The molecule has 1 aromatic carbocycles. The molecule has 2 N–H and O–H groups in total. The van der Waals surface area contributed by atoms with Crippen molar-refractivity contribution in [3.8, 4) is 0 Å². The Morgan fingerprint density at radius 3 is 2.86 bits per heavy atom. The average Bonchev–Trinajstić information content (AvgIpc) is 3.17. The van der Waals surface area contributed by atoms with Gasteiger partial charge in [-0.2, -0.15) is 0 Å². The van der Waals surface area contributed by atoms with Crippen LogP contribution >= 0.6 is 0 Å². The fraction of sp³-hybridized carbons (Fsp3) is 0.476. The maximum absolute atomic E-state index is 12.5. The van der Waals surface area contributed by atoms with Crippen molar-refractivity contribution in [3.63, 3.8) is 0 Å². The van der Waals surface area contributed by atoms with Gasteiger partial charge in [0.25, 0.3) is 5.91 Å². The first kappa shape index (κ1) is 17.6. The summed E-state index contributed by atoms with van der Waals surface area (Å²) in [5.41, 5.74) is 2.77. The molecule has 7 heteroatoms. The molecule has 5 rings (SSSR count). The Labute approximate surface area is 164 Å². The highest BCUT2D eigenvalue weighted by Crippen LogP contribution is 2.29. The van der Waals surface area contributed by atoms with E-state index in [4.69, 9.17) is 9.72 Å². The van der Waals surface area contributed by atoms with Gasteiger partial charge in [-0.1, -0.05) is 30.3 Å². The van der Waals surface area contributed by atoms with Gasteiger partial charge in [0.15, 0.2) is 0 Å². The summed E-state index contributed by atoms with van der Waals surface area (Å²) in [7, 11) is 0. The monoisotopic (exact) mass is 379 g/mol. The van der Waals surface area contributed by atoms with Gasteiger partial charge in [0.2, 0.25) is 0 Å². The molecular formula is C21H25N5O2. The Kier molecular flexibility index (Phi) is 4.70. The van der Waals surface area contributed by atoms with Crippen LogP contribution in [0.5, 0.6) is 0 Å². The lowest BCUT2D eigenvalue weighted by Gasteiger charge is -2.25. The molecule has 0 bridgehead atoms. The lowest BCUT2D eigenvalue weighted by atomic mass is 10.0. The van der Waals surface area contributed by atoms with E-state index in [1.54, 1.807) is 0 Å². The molecule has 3 aliphatic heterocycles. The van der Waals surface area contributed by atoms with Crippen LogP contribution in [0, 0.1) is 0 Å². The molecule has 4 heterocycles. The summed E-state index contributed by atoms with van der Waals surface area (Å²) >= 11 is 0. The zero-order chi connectivity index (χ0) is 18.9. The van der Waals surface area contributed by atoms with Crippen LogP contribution in [0.3, 0.4) is 0 Å². The van der Waals surface area contributed by atoms with Crippen LogP contribution in [0.25, 0.3) is 0 Å². The number of aryl methyl sites for hydroxylation is 2. The second-order valence-electron chi connectivity index (χ2n) is 7.66.